The van der Waals surface area contributed by atoms with Gasteiger partial charge in [-0.1, -0.05) is 0 Å². The van der Waals surface area contributed by atoms with Crippen LogP contribution in [-0.4, -0.2) is 67.7 Å². The van der Waals surface area contributed by atoms with Crippen LogP contribution in [0.3, 0.4) is 0 Å². The van der Waals surface area contributed by atoms with Gasteiger partial charge >= 0.3 is 0 Å². The van der Waals surface area contributed by atoms with Crippen LogP contribution < -0.4 is 16.4 Å². The van der Waals surface area contributed by atoms with Gasteiger partial charge in [-0.05, 0) is 30.3 Å². The number of aliphatic imine (C=N–C) groups is 1. The van der Waals surface area contributed by atoms with Crippen LogP contribution in [0.5, 0.6) is 0 Å². The zero-order chi connectivity index (χ0) is 20.9. The van der Waals surface area contributed by atoms with E-state index in [0.717, 1.165) is 12.6 Å². The van der Waals surface area contributed by atoms with E-state index < -0.39 is 5.41 Å². The maximum atomic E-state index is 11.3. The molecule has 0 saturated carbocycles. The van der Waals surface area contributed by atoms with Crippen molar-refractivity contribution in [3.8, 4) is 6.07 Å². The Labute approximate surface area is 169 Å². The van der Waals surface area contributed by atoms with Gasteiger partial charge < -0.3 is 31.4 Å². The summed E-state index contributed by atoms with van der Waals surface area (Å²) in [5.41, 5.74) is 11.4. The molecule has 29 heavy (non-hydrogen) atoms. The summed E-state index contributed by atoms with van der Waals surface area (Å²) in [4.78, 5) is 23.8. The average molecular weight is 396 g/mol. The number of carbonyl (C=O) groups excluding carboxylic acids is 1. The number of nitrogens with zero attached hydrogens (tertiary/aromatic N) is 5. The molecule has 1 aromatic rings. The Kier molecular flexibility index (Phi) is 6.09. The molecule has 0 spiro atoms. The third-order valence-electron chi connectivity index (χ3n) is 5.18. The van der Waals surface area contributed by atoms with Gasteiger partial charge in [0, 0.05) is 38.0 Å². The van der Waals surface area contributed by atoms with Gasteiger partial charge in [0.2, 0.25) is 6.41 Å². The van der Waals surface area contributed by atoms with Gasteiger partial charge in [-0.2, -0.15) is 5.26 Å². The Morgan fingerprint density at radius 2 is 2.17 bits per heavy atom. The zero-order valence-electron chi connectivity index (χ0n) is 16.0. The number of pyridine rings is 1. The Morgan fingerprint density at radius 1 is 1.41 bits per heavy atom. The minimum atomic E-state index is -0.944. The number of nitriles is 1. The summed E-state index contributed by atoms with van der Waals surface area (Å²) in [6.45, 7) is 3.17. The van der Waals surface area contributed by atoms with E-state index >= 15 is 0 Å². The Morgan fingerprint density at radius 3 is 2.76 bits per heavy atom. The molecule has 0 radical (unpaired) electrons. The van der Waals surface area contributed by atoms with Crippen LogP contribution in [0.4, 0.5) is 11.6 Å². The summed E-state index contributed by atoms with van der Waals surface area (Å²) in [6.07, 6.45) is 5.05. The van der Waals surface area contributed by atoms with E-state index in [9.17, 15) is 10.1 Å². The largest absolute Gasteiger partial charge is 0.404 e. The van der Waals surface area contributed by atoms with Crippen molar-refractivity contribution >= 4 is 30.1 Å². The molecular formula is C19H24N8O2. The fourth-order valence-corrected chi connectivity index (χ4v) is 3.66. The quantitative estimate of drug-likeness (QED) is 0.347. The second-order valence-electron chi connectivity index (χ2n) is 6.92. The third kappa shape index (κ3) is 4.05. The molecule has 1 atom stereocenters. The van der Waals surface area contributed by atoms with Crippen LogP contribution in [0.15, 0.2) is 23.3 Å². The van der Waals surface area contributed by atoms with Gasteiger partial charge in [0.15, 0.2) is 5.82 Å². The number of ether oxygens (including phenoxy) is 1. The maximum Gasteiger partial charge on any atom is 0.209 e. The number of amidine groups is 1. The second-order valence-corrected chi connectivity index (χ2v) is 6.92. The lowest BCUT2D eigenvalue weighted by Crippen LogP contribution is -2.37. The fourth-order valence-electron chi connectivity index (χ4n) is 3.66. The molecule has 3 heterocycles. The topological polar surface area (TPSA) is 158 Å². The van der Waals surface area contributed by atoms with E-state index in [1.165, 1.54) is 12.3 Å². The Bertz CT molecular complexity index is 885. The van der Waals surface area contributed by atoms with Crippen LogP contribution in [-0.2, 0) is 14.9 Å². The van der Waals surface area contributed by atoms with Crippen molar-refractivity contribution in [3.63, 3.8) is 0 Å². The van der Waals surface area contributed by atoms with Crippen molar-refractivity contribution in [2.75, 3.05) is 44.3 Å². The van der Waals surface area contributed by atoms with Crippen molar-refractivity contribution < 1.29 is 9.53 Å². The molecule has 0 aromatic carbocycles. The van der Waals surface area contributed by atoms with Crippen molar-refractivity contribution in [2.45, 2.75) is 11.8 Å². The van der Waals surface area contributed by atoms with Crippen LogP contribution in [0.2, 0.25) is 0 Å². The fraction of sp³-hybridized carbons (Fsp3) is 0.421. The predicted molar refractivity (Wildman–Crippen MR) is 109 cm³/mol. The number of carbonyl (C=O) groups is 1. The molecule has 3 rings (SSSR count). The molecule has 2 aliphatic heterocycles. The highest BCUT2D eigenvalue weighted by atomic mass is 16.5. The lowest BCUT2D eigenvalue weighted by Gasteiger charge is -2.30. The normalized spacial score (nSPS) is 22.7. The van der Waals surface area contributed by atoms with Crippen molar-refractivity contribution in [3.05, 3.63) is 29.5 Å². The Balaban J connectivity index is 2.19. The lowest BCUT2D eigenvalue weighted by atomic mass is 9.79. The standard InChI is InChI=1S/C19H24N8O2/c20-3-1-16(23)24-18-14(10-21)15(19(11-22)2-4-26(12-19)13-28)9-17(25-18)27-5-7-29-8-6-27/h1,3,9-10,13,21H,2,4-8,12,20H2,(H2,23,24,25)/b3-1-,21-10?. The number of amides is 1. The van der Waals surface area contributed by atoms with Gasteiger partial charge in [-0.25, -0.2) is 9.98 Å². The molecular weight excluding hydrogens is 372 g/mol. The molecule has 0 aliphatic carbocycles. The minimum Gasteiger partial charge on any atom is -0.404 e. The van der Waals surface area contributed by atoms with Crippen LogP contribution >= 0.6 is 0 Å². The van der Waals surface area contributed by atoms with E-state index in [1.54, 1.807) is 4.90 Å². The summed E-state index contributed by atoms with van der Waals surface area (Å²) in [6, 6.07) is 4.21. The maximum absolute atomic E-state index is 11.3. The highest BCUT2D eigenvalue weighted by Gasteiger charge is 2.42. The molecule has 10 heteroatoms. The van der Waals surface area contributed by atoms with Gasteiger partial charge in [-0.3, -0.25) is 4.79 Å². The van der Waals surface area contributed by atoms with E-state index in [2.05, 4.69) is 16.0 Å². The van der Waals surface area contributed by atoms with E-state index in [0.29, 0.717) is 56.2 Å². The zero-order valence-corrected chi connectivity index (χ0v) is 16.0. The molecule has 152 valence electrons. The number of anilines is 1. The van der Waals surface area contributed by atoms with Gasteiger partial charge in [0.25, 0.3) is 0 Å². The minimum absolute atomic E-state index is 0.139. The van der Waals surface area contributed by atoms with Crippen LogP contribution in [0.25, 0.3) is 0 Å². The molecule has 2 saturated heterocycles. The number of hydrogen-bond acceptors (Lipinski definition) is 8. The van der Waals surface area contributed by atoms with E-state index in [-0.39, 0.29) is 18.2 Å². The molecule has 5 N–H and O–H groups in total. The van der Waals surface area contributed by atoms with Gasteiger partial charge in [-0.15, -0.1) is 0 Å². The smallest absolute Gasteiger partial charge is 0.209 e. The summed E-state index contributed by atoms with van der Waals surface area (Å²) >= 11 is 0. The first-order valence-electron chi connectivity index (χ1n) is 9.28. The number of rotatable bonds is 6. The molecule has 0 bridgehead atoms. The SMILES string of the molecule is N#CC1(c2cc(N3CCOCC3)nc(/N=C(N)\C=C/N)c2C=N)CCN(C=O)C1. The molecule has 2 fully saturated rings. The Hall–Kier alpha value is -3.45. The summed E-state index contributed by atoms with van der Waals surface area (Å²) in [5.74, 6) is 1.02. The van der Waals surface area contributed by atoms with E-state index in [1.807, 2.05) is 11.0 Å². The summed E-state index contributed by atoms with van der Waals surface area (Å²) in [7, 11) is 0. The highest BCUT2D eigenvalue weighted by molar-refractivity contribution is 5.96. The molecule has 1 aromatic heterocycles. The molecule has 2 aliphatic rings. The predicted octanol–water partition coefficient (Wildman–Crippen LogP) is 0.000450. The summed E-state index contributed by atoms with van der Waals surface area (Å²) < 4.78 is 5.42. The number of likely N-dealkylation sites (tertiary alicyclic amines) is 1. The van der Waals surface area contributed by atoms with E-state index in [4.69, 9.17) is 21.6 Å². The number of nitrogens with two attached hydrogens (primary N) is 2. The number of morpholine rings is 1. The molecule has 1 amide bonds. The summed E-state index contributed by atoms with van der Waals surface area (Å²) in [5, 5.41) is 18.0. The van der Waals surface area contributed by atoms with Crippen molar-refractivity contribution in [1.29, 1.82) is 10.7 Å². The van der Waals surface area contributed by atoms with Crippen LogP contribution in [0, 0.1) is 16.7 Å². The number of aromatic nitrogens is 1. The lowest BCUT2D eigenvalue weighted by molar-refractivity contribution is -0.117. The first-order chi connectivity index (χ1) is 14.1. The highest BCUT2D eigenvalue weighted by Crippen LogP contribution is 2.39. The first kappa shape index (κ1) is 20.3. The third-order valence-corrected chi connectivity index (χ3v) is 5.18. The van der Waals surface area contributed by atoms with Crippen molar-refractivity contribution in [1.82, 2.24) is 9.88 Å². The second kappa shape index (κ2) is 8.70. The van der Waals surface area contributed by atoms with Gasteiger partial charge in [0.05, 0.1) is 19.3 Å². The monoisotopic (exact) mass is 396 g/mol. The average Bonchev–Trinajstić information content (AvgIpc) is 3.19. The molecule has 10 nitrogen and oxygen atoms in total. The van der Waals surface area contributed by atoms with Crippen LogP contribution in [0.1, 0.15) is 17.5 Å². The number of hydrogen-bond donors (Lipinski definition) is 3. The van der Waals surface area contributed by atoms with Gasteiger partial charge in [0.1, 0.15) is 17.1 Å². The van der Waals surface area contributed by atoms with Crippen molar-refractivity contribution in [2.24, 2.45) is 16.5 Å². The number of nitrogens with one attached hydrogen (secondary N) is 1. The molecule has 1 unspecified atom stereocenters. The first-order valence-corrected chi connectivity index (χ1v) is 9.28.